The maximum absolute atomic E-state index is 11.2. The van der Waals surface area contributed by atoms with E-state index in [1.165, 1.54) is 0 Å². The molecule has 0 aromatic heterocycles. The number of carbonyl (C=O) groups is 1. The molecule has 2 nitrogen and oxygen atoms in total. The van der Waals surface area contributed by atoms with Crippen LogP contribution < -0.4 is 0 Å². The third-order valence-electron chi connectivity index (χ3n) is 2.17. The van der Waals surface area contributed by atoms with Gasteiger partial charge in [-0.25, -0.2) is 4.79 Å². The molecule has 0 aromatic carbocycles. The predicted molar refractivity (Wildman–Crippen MR) is 59.1 cm³/mol. The topological polar surface area (TPSA) is 26.3 Å². The molecular weight excluding hydrogens is 176 g/mol. The Labute approximate surface area is 87.3 Å². The van der Waals surface area contributed by atoms with Crippen molar-refractivity contribution < 1.29 is 9.53 Å². The van der Waals surface area contributed by atoms with Crippen LogP contribution in [0.25, 0.3) is 0 Å². The van der Waals surface area contributed by atoms with Gasteiger partial charge in [-0.1, -0.05) is 39.7 Å². The van der Waals surface area contributed by atoms with Crippen molar-refractivity contribution in [3.63, 3.8) is 0 Å². The van der Waals surface area contributed by atoms with Gasteiger partial charge >= 0.3 is 5.97 Å². The number of esters is 1. The molecule has 0 heterocycles. The van der Waals surface area contributed by atoms with Crippen LogP contribution in [0, 0.1) is 0 Å². The lowest BCUT2D eigenvalue weighted by atomic mass is 10.2. The first-order chi connectivity index (χ1) is 6.74. The van der Waals surface area contributed by atoms with Gasteiger partial charge in [-0.2, -0.15) is 0 Å². The second-order valence-electron chi connectivity index (χ2n) is 3.42. The fraction of sp³-hybridized carbons (Fsp3) is 0.750. The molecule has 0 unspecified atom stereocenters. The molecule has 0 saturated heterocycles. The van der Waals surface area contributed by atoms with E-state index in [0.717, 1.165) is 32.1 Å². The van der Waals surface area contributed by atoms with Gasteiger partial charge in [0.25, 0.3) is 0 Å². The van der Waals surface area contributed by atoms with Crippen molar-refractivity contribution in [2.24, 2.45) is 0 Å². The maximum Gasteiger partial charge on any atom is 0.330 e. The van der Waals surface area contributed by atoms with E-state index in [-0.39, 0.29) is 12.1 Å². The van der Waals surface area contributed by atoms with E-state index in [1.807, 2.05) is 19.9 Å². The fourth-order valence-corrected chi connectivity index (χ4v) is 1.16. The van der Waals surface area contributed by atoms with Crippen molar-refractivity contribution in [3.05, 3.63) is 12.2 Å². The van der Waals surface area contributed by atoms with E-state index < -0.39 is 0 Å². The molecule has 0 spiro atoms. The molecule has 0 aromatic rings. The molecule has 0 aliphatic carbocycles. The Bertz CT molecular complexity index is 169. The highest BCUT2D eigenvalue weighted by Gasteiger charge is 2.06. The summed E-state index contributed by atoms with van der Waals surface area (Å²) in [4.78, 5) is 11.2. The quantitative estimate of drug-likeness (QED) is 0.356. The monoisotopic (exact) mass is 198 g/mol. The number of ether oxygens (including phenoxy) is 1. The predicted octanol–water partition coefficient (Wildman–Crippen LogP) is 3.46. The first-order valence-corrected chi connectivity index (χ1v) is 5.61. The summed E-state index contributed by atoms with van der Waals surface area (Å²) in [5, 5.41) is 0. The molecular formula is C12H22O2. The number of allylic oxidation sites excluding steroid dienone is 1. The Hall–Kier alpha value is -0.790. The Morgan fingerprint density at radius 1 is 1.29 bits per heavy atom. The fourth-order valence-electron chi connectivity index (χ4n) is 1.16. The van der Waals surface area contributed by atoms with E-state index >= 15 is 0 Å². The second kappa shape index (κ2) is 8.79. The summed E-state index contributed by atoms with van der Waals surface area (Å²) in [6.45, 7) is 6.20. The number of rotatable bonds is 7. The van der Waals surface area contributed by atoms with Crippen LogP contribution in [0.3, 0.4) is 0 Å². The minimum Gasteiger partial charge on any atom is -0.459 e. The first-order valence-electron chi connectivity index (χ1n) is 5.61. The van der Waals surface area contributed by atoms with E-state index in [0.29, 0.717) is 0 Å². The van der Waals surface area contributed by atoms with Gasteiger partial charge in [0.1, 0.15) is 6.10 Å². The zero-order chi connectivity index (χ0) is 10.8. The zero-order valence-electron chi connectivity index (χ0n) is 9.58. The zero-order valence-corrected chi connectivity index (χ0v) is 9.58. The Morgan fingerprint density at radius 3 is 2.43 bits per heavy atom. The summed E-state index contributed by atoms with van der Waals surface area (Å²) in [5.41, 5.74) is 0. The molecule has 0 radical (unpaired) electrons. The Morgan fingerprint density at radius 2 is 1.93 bits per heavy atom. The van der Waals surface area contributed by atoms with Crippen LogP contribution in [-0.4, -0.2) is 12.1 Å². The number of hydrogen-bond donors (Lipinski definition) is 0. The number of carbonyl (C=O) groups excluding carboxylic acids is 1. The van der Waals surface area contributed by atoms with Gasteiger partial charge in [0.15, 0.2) is 0 Å². The molecule has 0 saturated carbocycles. The standard InChI is InChI=1S/C12H22O2/c1-4-7-8-9-10-12(13)14-11(5-2)6-3/h9-11H,4-8H2,1-3H3/b10-9+. The van der Waals surface area contributed by atoms with Crippen LogP contribution in [0.4, 0.5) is 0 Å². The molecule has 0 rings (SSSR count). The maximum atomic E-state index is 11.2. The third kappa shape index (κ3) is 6.70. The van der Waals surface area contributed by atoms with Crippen molar-refractivity contribution in [1.29, 1.82) is 0 Å². The largest absolute Gasteiger partial charge is 0.459 e. The van der Waals surface area contributed by atoms with Gasteiger partial charge in [0.05, 0.1) is 0 Å². The van der Waals surface area contributed by atoms with E-state index in [4.69, 9.17) is 4.74 Å². The summed E-state index contributed by atoms with van der Waals surface area (Å²) in [7, 11) is 0. The molecule has 0 bridgehead atoms. The van der Waals surface area contributed by atoms with Crippen LogP contribution in [-0.2, 0) is 9.53 Å². The lowest BCUT2D eigenvalue weighted by Gasteiger charge is -2.11. The highest BCUT2D eigenvalue weighted by atomic mass is 16.5. The molecule has 0 atom stereocenters. The molecule has 2 heteroatoms. The van der Waals surface area contributed by atoms with Gasteiger partial charge < -0.3 is 4.74 Å². The van der Waals surface area contributed by atoms with Gasteiger partial charge in [0, 0.05) is 6.08 Å². The number of unbranched alkanes of at least 4 members (excludes halogenated alkanes) is 2. The molecule has 0 aliphatic heterocycles. The average Bonchev–Trinajstić information content (AvgIpc) is 2.21. The summed E-state index contributed by atoms with van der Waals surface area (Å²) in [6, 6.07) is 0. The average molecular weight is 198 g/mol. The van der Waals surface area contributed by atoms with Crippen molar-refractivity contribution in [3.8, 4) is 0 Å². The summed E-state index contributed by atoms with van der Waals surface area (Å²) in [6.07, 6.45) is 8.58. The van der Waals surface area contributed by atoms with Crippen molar-refractivity contribution >= 4 is 5.97 Å². The van der Waals surface area contributed by atoms with Gasteiger partial charge in [0.2, 0.25) is 0 Å². The van der Waals surface area contributed by atoms with Crippen LogP contribution in [0.5, 0.6) is 0 Å². The SMILES string of the molecule is CCCC/C=C/C(=O)OC(CC)CC. The molecule has 14 heavy (non-hydrogen) atoms. The summed E-state index contributed by atoms with van der Waals surface area (Å²) < 4.78 is 5.20. The van der Waals surface area contributed by atoms with Gasteiger partial charge in [-0.15, -0.1) is 0 Å². The van der Waals surface area contributed by atoms with Crippen molar-refractivity contribution in [2.45, 2.75) is 59.0 Å². The highest BCUT2D eigenvalue weighted by Crippen LogP contribution is 2.03. The van der Waals surface area contributed by atoms with E-state index in [2.05, 4.69) is 6.92 Å². The van der Waals surface area contributed by atoms with Gasteiger partial charge in [-0.3, -0.25) is 0 Å². The molecule has 0 N–H and O–H groups in total. The minimum atomic E-state index is -0.199. The highest BCUT2D eigenvalue weighted by molar-refractivity contribution is 5.81. The van der Waals surface area contributed by atoms with Crippen LogP contribution in [0.15, 0.2) is 12.2 Å². The molecule has 0 fully saturated rings. The Balaban J connectivity index is 3.67. The van der Waals surface area contributed by atoms with Crippen LogP contribution in [0.1, 0.15) is 52.9 Å². The normalized spacial score (nSPS) is 11.1. The molecule has 82 valence electrons. The Kier molecular flexibility index (Phi) is 8.30. The molecule has 0 amide bonds. The van der Waals surface area contributed by atoms with Crippen LogP contribution >= 0.6 is 0 Å². The molecule has 0 aliphatic rings. The lowest BCUT2D eigenvalue weighted by Crippen LogP contribution is -2.14. The summed E-state index contributed by atoms with van der Waals surface area (Å²) in [5.74, 6) is -0.199. The van der Waals surface area contributed by atoms with E-state index in [9.17, 15) is 4.79 Å². The van der Waals surface area contributed by atoms with E-state index in [1.54, 1.807) is 6.08 Å². The second-order valence-corrected chi connectivity index (χ2v) is 3.42. The van der Waals surface area contributed by atoms with Crippen LogP contribution in [0.2, 0.25) is 0 Å². The first kappa shape index (κ1) is 13.2. The van der Waals surface area contributed by atoms with Crippen molar-refractivity contribution in [1.82, 2.24) is 0 Å². The summed E-state index contributed by atoms with van der Waals surface area (Å²) >= 11 is 0. The van der Waals surface area contributed by atoms with Crippen molar-refractivity contribution in [2.75, 3.05) is 0 Å². The minimum absolute atomic E-state index is 0.0818. The van der Waals surface area contributed by atoms with Gasteiger partial charge in [-0.05, 0) is 19.3 Å². The number of hydrogen-bond acceptors (Lipinski definition) is 2. The third-order valence-corrected chi connectivity index (χ3v) is 2.17. The smallest absolute Gasteiger partial charge is 0.330 e. The lowest BCUT2D eigenvalue weighted by molar-refractivity contribution is -0.143.